The molecule has 0 aliphatic carbocycles. The lowest BCUT2D eigenvalue weighted by molar-refractivity contribution is -0.139. The van der Waals surface area contributed by atoms with Crippen LogP contribution in [0.15, 0.2) is 30.3 Å². The molecule has 0 aliphatic rings. The van der Waals surface area contributed by atoms with Gasteiger partial charge in [-0.1, -0.05) is 11.8 Å². The Morgan fingerprint density at radius 3 is 2.19 bits per heavy atom. The van der Waals surface area contributed by atoms with Crippen LogP contribution < -0.4 is 18.9 Å². The van der Waals surface area contributed by atoms with E-state index >= 15 is 0 Å². The summed E-state index contributed by atoms with van der Waals surface area (Å²) < 4.78 is 26.5. The standard InChI is InChI=1S/C21H22O6/c1-14(22)27-12-6-7-15-13-16(23-2)8-9-17(15)18-10-11-19(24-3)21(26-5)20(18)25-4/h8-11,13H,12H2,1-5H3. The Balaban J connectivity index is 2.59. The van der Waals surface area contributed by atoms with Crippen molar-refractivity contribution < 1.29 is 28.5 Å². The number of rotatable bonds is 6. The van der Waals surface area contributed by atoms with Gasteiger partial charge in [0.2, 0.25) is 5.75 Å². The SMILES string of the molecule is COc1ccc(-c2ccc(OC)c(OC)c2OC)c(C#CCOC(C)=O)c1. The van der Waals surface area contributed by atoms with E-state index in [2.05, 4.69) is 11.8 Å². The first-order valence-corrected chi connectivity index (χ1v) is 8.15. The molecule has 0 fully saturated rings. The maximum atomic E-state index is 10.9. The Morgan fingerprint density at radius 1 is 0.889 bits per heavy atom. The molecule has 0 saturated heterocycles. The molecule has 27 heavy (non-hydrogen) atoms. The summed E-state index contributed by atoms with van der Waals surface area (Å²) in [4.78, 5) is 10.9. The number of carbonyl (C=O) groups excluding carboxylic acids is 1. The quantitative estimate of drug-likeness (QED) is 0.574. The zero-order chi connectivity index (χ0) is 19.8. The van der Waals surface area contributed by atoms with Gasteiger partial charge in [0.1, 0.15) is 5.75 Å². The zero-order valence-electron chi connectivity index (χ0n) is 16.0. The summed E-state index contributed by atoms with van der Waals surface area (Å²) in [7, 11) is 6.27. The van der Waals surface area contributed by atoms with Crippen LogP contribution in [-0.4, -0.2) is 41.0 Å². The molecule has 2 aromatic rings. The van der Waals surface area contributed by atoms with E-state index in [9.17, 15) is 4.79 Å². The molecule has 0 aliphatic heterocycles. The molecule has 2 rings (SSSR count). The number of hydrogen-bond acceptors (Lipinski definition) is 6. The first kappa shape index (κ1) is 20.0. The van der Waals surface area contributed by atoms with Gasteiger partial charge in [0, 0.05) is 23.6 Å². The predicted molar refractivity (Wildman–Crippen MR) is 102 cm³/mol. The van der Waals surface area contributed by atoms with E-state index < -0.39 is 0 Å². The number of benzene rings is 2. The fraction of sp³-hybridized carbons (Fsp3) is 0.286. The number of esters is 1. The minimum absolute atomic E-state index is 0.00898. The predicted octanol–water partition coefficient (Wildman–Crippen LogP) is 3.30. The van der Waals surface area contributed by atoms with E-state index in [4.69, 9.17) is 23.7 Å². The molecule has 0 aromatic heterocycles. The molecule has 142 valence electrons. The first-order chi connectivity index (χ1) is 13.0. The van der Waals surface area contributed by atoms with Gasteiger partial charge < -0.3 is 23.7 Å². The van der Waals surface area contributed by atoms with Gasteiger partial charge in [-0.2, -0.15) is 0 Å². The van der Waals surface area contributed by atoms with Crippen LogP contribution in [0.5, 0.6) is 23.0 Å². The summed E-state index contributed by atoms with van der Waals surface area (Å²) in [5.74, 6) is 7.74. The molecule has 0 radical (unpaired) electrons. The van der Waals surface area contributed by atoms with Crippen molar-refractivity contribution in [3.05, 3.63) is 35.9 Å². The lowest BCUT2D eigenvalue weighted by Crippen LogP contribution is -1.99. The maximum absolute atomic E-state index is 10.9. The number of ether oxygens (including phenoxy) is 5. The molecule has 0 atom stereocenters. The average molecular weight is 370 g/mol. The lowest BCUT2D eigenvalue weighted by Gasteiger charge is -2.17. The van der Waals surface area contributed by atoms with Gasteiger partial charge >= 0.3 is 5.97 Å². The molecule has 0 spiro atoms. The monoisotopic (exact) mass is 370 g/mol. The molecule has 2 aromatic carbocycles. The highest BCUT2D eigenvalue weighted by molar-refractivity contribution is 5.81. The zero-order valence-corrected chi connectivity index (χ0v) is 16.0. The molecule has 0 amide bonds. The highest BCUT2D eigenvalue weighted by Crippen LogP contribution is 2.45. The molecular formula is C21H22O6. The topological polar surface area (TPSA) is 63.2 Å². The van der Waals surface area contributed by atoms with Gasteiger partial charge in [0.05, 0.1) is 28.4 Å². The van der Waals surface area contributed by atoms with Crippen LogP contribution in [0.25, 0.3) is 11.1 Å². The van der Waals surface area contributed by atoms with E-state index in [0.717, 1.165) is 11.1 Å². The van der Waals surface area contributed by atoms with Crippen molar-refractivity contribution in [2.24, 2.45) is 0 Å². The smallest absolute Gasteiger partial charge is 0.303 e. The highest BCUT2D eigenvalue weighted by atomic mass is 16.5. The van der Waals surface area contributed by atoms with Gasteiger partial charge in [-0.05, 0) is 30.3 Å². The molecule has 0 heterocycles. The van der Waals surface area contributed by atoms with Crippen LogP contribution in [0.1, 0.15) is 12.5 Å². The Kier molecular flexibility index (Phi) is 6.95. The Bertz CT molecular complexity index is 876. The van der Waals surface area contributed by atoms with Gasteiger partial charge in [0.15, 0.2) is 18.1 Å². The lowest BCUT2D eigenvalue weighted by atomic mass is 9.98. The van der Waals surface area contributed by atoms with Crippen LogP contribution in [-0.2, 0) is 9.53 Å². The second-order valence-electron chi connectivity index (χ2n) is 5.38. The van der Waals surface area contributed by atoms with Gasteiger partial charge in [-0.3, -0.25) is 4.79 Å². The van der Waals surface area contributed by atoms with Crippen molar-refractivity contribution in [1.29, 1.82) is 0 Å². The third-order valence-electron chi connectivity index (χ3n) is 3.79. The summed E-state index contributed by atoms with van der Waals surface area (Å²) in [6.45, 7) is 1.35. The Hall–Kier alpha value is -3.33. The third kappa shape index (κ3) is 4.64. The molecule has 0 unspecified atom stereocenters. The van der Waals surface area contributed by atoms with Crippen molar-refractivity contribution in [3.63, 3.8) is 0 Å². The van der Waals surface area contributed by atoms with E-state index in [1.54, 1.807) is 34.5 Å². The summed E-state index contributed by atoms with van der Waals surface area (Å²) in [6, 6.07) is 9.21. The molecule has 6 nitrogen and oxygen atoms in total. The second kappa shape index (κ2) is 9.39. The number of methoxy groups -OCH3 is 4. The molecule has 0 saturated carbocycles. The van der Waals surface area contributed by atoms with E-state index in [0.29, 0.717) is 28.6 Å². The van der Waals surface area contributed by atoms with Gasteiger partial charge in [-0.15, -0.1) is 0 Å². The first-order valence-electron chi connectivity index (χ1n) is 8.15. The van der Waals surface area contributed by atoms with Crippen molar-refractivity contribution >= 4 is 5.97 Å². The maximum Gasteiger partial charge on any atom is 0.303 e. The van der Waals surface area contributed by atoms with Crippen LogP contribution >= 0.6 is 0 Å². The summed E-state index contributed by atoms with van der Waals surface area (Å²) in [6.07, 6.45) is 0. The molecule has 0 bridgehead atoms. The summed E-state index contributed by atoms with van der Waals surface area (Å²) >= 11 is 0. The van der Waals surface area contributed by atoms with Crippen LogP contribution in [0.4, 0.5) is 0 Å². The molecular weight excluding hydrogens is 348 g/mol. The van der Waals surface area contributed by atoms with Crippen molar-refractivity contribution in [2.75, 3.05) is 35.0 Å². The van der Waals surface area contributed by atoms with Crippen LogP contribution in [0.3, 0.4) is 0 Å². The highest BCUT2D eigenvalue weighted by Gasteiger charge is 2.19. The average Bonchev–Trinajstić information content (AvgIpc) is 2.69. The fourth-order valence-electron chi connectivity index (χ4n) is 2.57. The van der Waals surface area contributed by atoms with E-state index in [-0.39, 0.29) is 12.6 Å². The minimum Gasteiger partial charge on any atom is -0.497 e. The number of hydrogen-bond donors (Lipinski definition) is 0. The van der Waals surface area contributed by atoms with E-state index in [1.165, 1.54) is 6.92 Å². The molecule has 0 N–H and O–H groups in total. The number of carbonyl (C=O) groups is 1. The van der Waals surface area contributed by atoms with Crippen LogP contribution in [0.2, 0.25) is 0 Å². The minimum atomic E-state index is -0.378. The molecule has 6 heteroatoms. The Morgan fingerprint density at radius 2 is 1.59 bits per heavy atom. The summed E-state index contributed by atoms with van der Waals surface area (Å²) in [5.41, 5.74) is 2.31. The van der Waals surface area contributed by atoms with Crippen LogP contribution in [0, 0.1) is 11.8 Å². The van der Waals surface area contributed by atoms with Gasteiger partial charge in [0.25, 0.3) is 0 Å². The van der Waals surface area contributed by atoms with E-state index in [1.807, 2.05) is 24.3 Å². The fourth-order valence-corrected chi connectivity index (χ4v) is 2.57. The third-order valence-corrected chi connectivity index (χ3v) is 3.79. The second-order valence-corrected chi connectivity index (χ2v) is 5.38. The van der Waals surface area contributed by atoms with Crippen molar-refractivity contribution in [3.8, 4) is 46.0 Å². The van der Waals surface area contributed by atoms with Gasteiger partial charge in [-0.25, -0.2) is 0 Å². The van der Waals surface area contributed by atoms with Crippen molar-refractivity contribution in [2.45, 2.75) is 6.92 Å². The van der Waals surface area contributed by atoms with Crippen molar-refractivity contribution in [1.82, 2.24) is 0 Å². The summed E-state index contributed by atoms with van der Waals surface area (Å²) in [5, 5.41) is 0. The Labute approximate surface area is 159 Å². The normalized spacial score (nSPS) is 9.67. The largest absolute Gasteiger partial charge is 0.497 e.